The quantitative estimate of drug-likeness (QED) is 0.507. The number of ether oxygens (including phenoxy) is 1. The Morgan fingerprint density at radius 2 is 1.63 bits per heavy atom. The van der Waals surface area contributed by atoms with E-state index in [1.54, 1.807) is 6.20 Å². The lowest BCUT2D eigenvalue weighted by molar-refractivity contribution is -0.121. The lowest BCUT2D eigenvalue weighted by Gasteiger charge is -2.08. The number of amides is 1. The van der Waals surface area contributed by atoms with Gasteiger partial charge in [-0.25, -0.2) is 0 Å². The van der Waals surface area contributed by atoms with Crippen LogP contribution in [-0.2, 0) is 24.4 Å². The third kappa shape index (κ3) is 6.55. The number of aryl methyl sites for hydroxylation is 1. The van der Waals surface area contributed by atoms with Crippen molar-refractivity contribution in [1.29, 1.82) is 0 Å². The number of hydrogen-bond acceptors (Lipinski definition) is 4. The van der Waals surface area contributed by atoms with Crippen molar-refractivity contribution in [3.63, 3.8) is 0 Å². The fourth-order valence-corrected chi connectivity index (χ4v) is 2.93. The van der Waals surface area contributed by atoms with Crippen LogP contribution < -0.4 is 10.1 Å². The Morgan fingerprint density at radius 1 is 0.900 bits per heavy atom. The molecule has 0 unspecified atom stereocenters. The minimum absolute atomic E-state index is 0.0118. The second-order valence-electron chi connectivity index (χ2n) is 7.00. The van der Waals surface area contributed by atoms with Crippen LogP contribution in [-0.4, -0.2) is 16.7 Å². The largest absolute Gasteiger partial charge is 0.487 e. The zero-order chi connectivity index (χ0) is 21.2. The number of benzene rings is 2. The first-order valence-electron chi connectivity index (χ1n) is 10.1. The van der Waals surface area contributed by atoms with Gasteiger partial charge >= 0.3 is 0 Å². The van der Waals surface area contributed by atoms with E-state index in [1.807, 2.05) is 66.7 Å². The Labute approximate surface area is 177 Å². The van der Waals surface area contributed by atoms with Gasteiger partial charge in [0.2, 0.25) is 5.91 Å². The molecule has 0 saturated heterocycles. The van der Waals surface area contributed by atoms with Gasteiger partial charge in [-0.1, -0.05) is 49.4 Å². The predicted molar refractivity (Wildman–Crippen MR) is 116 cm³/mol. The Kier molecular flexibility index (Phi) is 7.72. The second kappa shape index (κ2) is 10.9. The van der Waals surface area contributed by atoms with Crippen LogP contribution in [0.2, 0.25) is 0 Å². The van der Waals surface area contributed by atoms with Crippen LogP contribution in [0.5, 0.6) is 5.75 Å². The van der Waals surface area contributed by atoms with Crippen molar-refractivity contribution in [3.8, 4) is 5.75 Å². The predicted octanol–water partition coefficient (Wildman–Crippen LogP) is 4.50. The van der Waals surface area contributed by atoms with Crippen molar-refractivity contribution in [2.45, 2.75) is 39.3 Å². The molecule has 0 radical (unpaired) electrons. The van der Waals surface area contributed by atoms with Crippen molar-refractivity contribution >= 4 is 11.7 Å². The number of pyridine rings is 1. The van der Waals surface area contributed by atoms with E-state index in [2.05, 4.69) is 17.2 Å². The van der Waals surface area contributed by atoms with Crippen LogP contribution in [0.25, 0.3) is 0 Å². The Morgan fingerprint density at radius 3 is 2.30 bits per heavy atom. The van der Waals surface area contributed by atoms with Crippen LogP contribution in [0.15, 0.2) is 72.9 Å². The summed E-state index contributed by atoms with van der Waals surface area (Å²) in [7, 11) is 0. The van der Waals surface area contributed by atoms with Gasteiger partial charge in [-0.05, 0) is 41.8 Å². The Balaban J connectivity index is 1.39. The van der Waals surface area contributed by atoms with Gasteiger partial charge in [-0.15, -0.1) is 0 Å². The van der Waals surface area contributed by atoms with Gasteiger partial charge in [0.1, 0.15) is 12.4 Å². The average Bonchev–Trinajstić information content (AvgIpc) is 2.81. The lowest BCUT2D eigenvalue weighted by atomic mass is 10.0. The first kappa shape index (κ1) is 21.2. The summed E-state index contributed by atoms with van der Waals surface area (Å²) in [4.78, 5) is 28.5. The third-order valence-electron chi connectivity index (χ3n) is 4.79. The summed E-state index contributed by atoms with van der Waals surface area (Å²) >= 11 is 0. The van der Waals surface area contributed by atoms with Crippen LogP contribution in [0.3, 0.4) is 0 Å². The molecular formula is C25H26N2O3. The molecule has 5 nitrogen and oxygen atoms in total. The molecule has 0 saturated carbocycles. The molecule has 1 N–H and O–H groups in total. The number of hydrogen-bond donors (Lipinski definition) is 1. The average molecular weight is 402 g/mol. The van der Waals surface area contributed by atoms with Crippen molar-refractivity contribution in [3.05, 3.63) is 95.3 Å². The van der Waals surface area contributed by atoms with Gasteiger partial charge in [0, 0.05) is 31.1 Å². The number of ketones is 1. The van der Waals surface area contributed by atoms with Gasteiger partial charge in [0.15, 0.2) is 5.78 Å². The Hall–Kier alpha value is -3.47. The maximum absolute atomic E-state index is 12.2. The molecule has 0 aliphatic carbocycles. The van der Waals surface area contributed by atoms with Gasteiger partial charge in [0.25, 0.3) is 0 Å². The van der Waals surface area contributed by atoms with E-state index in [1.165, 1.54) is 5.56 Å². The summed E-state index contributed by atoms with van der Waals surface area (Å²) in [6, 6.07) is 20.8. The highest BCUT2D eigenvalue weighted by Crippen LogP contribution is 2.14. The molecule has 0 aliphatic rings. The van der Waals surface area contributed by atoms with E-state index in [9.17, 15) is 9.59 Å². The first-order chi connectivity index (χ1) is 14.6. The summed E-state index contributed by atoms with van der Waals surface area (Å²) in [5.41, 5.74) is 3.68. The molecule has 0 atom stereocenters. The molecule has 1 aromatic heterocycles. The summed E-state index contributed by atoms with van der Waals surface area (Å²) in [6.07, 6.45) is 3.06. The van der Waals surface area contributed by atoms with E-state index in [0.29, 0.717) is 18.7 Å². The highest BCUT2D eigenvalue weighted by Gasteiger charge is 2.09. The molecule has 3 rings (SSSR count). The first-order valence-corrected chi connectivity index (χ1v) is 10.1. The fourth-order valence-electron chi connectivity index (χ4n) is 2.93. The van der Waals surface area contributed by atoms with Crippen molar-refractivity contribution < 1.29 is 14.3 Å². The maximum atomic E-state index is 12.2. The third-order valence-corrected chi connectivity index (χ3v) is 4.79. The van der Waals surface area contributed by atoms with E-state index in [-0.39, 0.29) is 24.5 Å². The number of carbonyl (C=O) groups is 2. The van der Waals surface area contributed by atoms with E-state index >= 15 is 0 Å². The SMILES string of the molecule is CCc1ccc(C(=O)CCC(=O)NCc2ccc(OCc3ccccn3)cc2)cc1. The molecule has 0 spiro atoms. The van der Waals surface area contributed by atoms with Gasteiger partial charge in [-0.2, -0.15) is 0 Å². The minimum atomic E-state index is -0.135. The number of aromatic nitrogens is 1. The zero-order valence-electron chi connectivity index (χ0n) is 17.1. The van der Waals surface area contributed by atoms with Crippen LogP contribution >= 0.6 is 0 Å². The lowest BCUT2D eigenvalue weighted by Crippen LogP contribution is -2.23. The second-order valence-corrected chi connectivity index (χ2v) is 7.00. The molecule has 1 amide bonds. The monoisotopic (exact) mass is 402 g/mol. The molecule has 5 heteroatoms. The fraction of sp³-hybridized carbons (Fsp3) is 0.240. The molecule has 1 heterocycles. The standard InChI is InChI=1S/C25H26N2O3/c1-2-19-6-10-21(11-7-19)24(28)14-15-25(29)27-17-20-8-12-23(13-9-20)30-18-22-5-3-4-16-26-22/h3-13,16H,2,14-15,17-18H2,1H3,(H,27,29). The molecule has 154 valence electrons. The van der Waals surface area contributed by atoms with Gasteiger partial charge in [-0.3, -0.25) is 14.6 Å². The molecule has 30 heavy (non-hydrogen) atoms. The van der Waals surface area contributed by atoms with E-state index < -0.39 is 0 Å². The number of nitrogens with one attached hydrogen (secondary N) is 1. The number of nitrogens with zero attached hydrogens (tertiary/aromatic N) is 1. The van der Waals surface area contributed by atoms with Crippen molar-refractivity contribution in [1.82, 2.24) is 10.3 Å². The summed E-state index contributed by atoms with van der Waals surface area (Å²) < 4.78 is 5.71. The molecule has 0 aliphatic heterocycles. The summed E-state index contributed by atoms with van der Waals surface area (Å²) in [6.45, 7) is 2.90. The topological polar surface area (TPSA) is 68.3 Å². The van der Waals surface area contributed by atoms with Gasteiger partial charge in [0.05, 0.1) is 5.69 Å². The van der Waals surface area contributed by atoms with Crippen LogP contribution in [0, 0.1) is 0 Å². The smallest absolute Gasteiger partial charge is 0.220 e. The summed E-state index contributed by atoms with van der Waals surface area (Å²) in [5.74, 6) is 0.599. The van der Waals surface area contributed by atoms with Crippen molar-refractivity contribution in [2.75, 3.05) is 0 Å². The minimum Gasteiger partial charge on any atom is -0.487 e. The van der Waals surface area contributed by atoms with Crippen molar-refractivity contribution in [2.24, 2.45) is 0 Å². The molecule has 3 aromatic rings. The van der Waals surface area contributed by atoms with E-state index in [0.717, 1.165) is 23.4 Å². The molecule has 2 aromatic carbocycles. The summed E-state index contributed by atoms with van der Waals surface area (Å²) in [5, 5.41) is 2.86. The molecule has 0 bridgehead atoms. The highest BCUT2D eigenvalue weighted by molar-refractivity contribution is 5.97. The Bertz CT molecular complexity index is 952. The zero-order valence-corrected chi connectivity index (χ0v) is 17.1. The normalized spacial score (nSPS) is 10.4. The molecular weight excluding hydrogens is 376 g/mol. The number of rotatable bonds is 10. The van der Waals surface area contributed by atoms with Gasteiger partial charge < -0.3 is 10.1 Å². The number of carbonyl (C=O) groups excluding carboxylic acids is 2. The molecule has 0 fully saturated rings. The number of Topliss-reactive ketones (excluding diaryl/α,β-unsaturated/α-hetero) is 1. The van der Waals surface area contributed by atoms with Crippen LogP contribution in [0.4, 0.5) is 0 Å². The van der Waals surface area contributed by atoms with E-state index in [4.69, 9.17) is 4.74 Å². The highest BCUT2D eigenvalue weighted by atomic mass is 16.5. The van der Waals surface area contributed by atoms with Crippen LogP contribution in [0.1, 0.15) is 46.9 Å². The maximum Gasteiger partial charge on any atom is 0.220 e.